The zero-order valence-electron chi connectivity index (χ0n) is 13.7. The number of hydrogen-bond donors (Lipinski definition) is 2. The van der Waals surface area contributed by atoms with Crippen LogP contribution in [0.5, 0.6) is 0 Å². The number of alkyl halides is 3. The molecule has 3 nitrogen and oxygen atoms in total. The first-order valence-electron chi connectivity index (χ1n) is 8.01. The molecule has 0 spiro atoms. The fraction of sp³-hybridized carbons (Fsp3) is 0.588. The van der Waals surface area contributed by atoms with Gasteiger partial charge in [0.2, 0.25) is 5.91 Å². The Morgan fingerprint density at radius 2 is 2.17 bits per heavy atom. The Kier molecular flexibility index (Phi) is 8.03. The highest BCUT2D eigenvalue weighted by Crippen LogP contribution is 2.31. The summed E-state index contributed by atoms with van der Waals surface area (Å²) in [6.07, 6.45) is -1.95. The molecule has 1 heterocycles. The summed E-state index contributed by atoms with van der Waals surface area (Å²) in [7, 11) is 0. The lowest BCUT2D eigenvalue weighted by Gasteiger charge is -2.23. The molecular weight excluding hydrogens is 341 g/mol. The van der Waals surface area contributed by atoms with Crippen molar-refractivity contribution in [2.45, 2.75) is 38.3 Å². The number of hydrogen-bond acceptors (Lipinski definition) is 2. The quantitative estimate of drug-likeness (QED) is 0.835. The Labute approximate surface area is 146 Å². The molecular formula is C17H24ClF3N2O. The van der Waals surface area contributed by atoms with E-state index in [1.807, 2.05) is 0 Å². The molecule has 0 aromatic heterocycles. The number of carbonyl (C=O) groups is 1. The van der Waals surface area contributed by atoms with Crippen LogP contribution in [-0.2, 0) is 11.0 Å². The van der Waals surface area contributed by atoms with Crippen LogP contribution in [0.4, 0.5) is 13.2 Å². The van der Waals surface area contributed by atoms with Crippen molar-refractivity contribution in [1.82, 2.24) is 10.6 Å². The number of benzene rings is 1. The third-order valence-electron chi connectivity index (χ3n) is 4.26. The molecule has 1 aromatic carbocycles. The minimum absolute atomic E-state index is 0. The zero-order valence-corrected chi connectivity index (χ0v) is 14.5. The Balaban J connectivity index is 0.00000288. The predicted molar refractivity (Wildman–Crippen MR) is 90.3 cm³/mol. The van der Waals surface area contributed by atoms with E-state index in [2.05, 4.69) is 10.6 Å². The molecule has 1 aliphatic heterocycles. The van der Waals surface area contributed by atoms with Gasteiger partial charge in [-0.3, -0.25) is 4.79 Å². The summed E-state index contributed by atoms with van der Waals surface area (Å²) in [5, 5.41) is 6.18. The van der Waals surface area contributed by atoms with Gasteiger partial charge in [-0.2, -0.15) is 13.2 Å². The maximum Gasteiger partial charge on any atom is 0.416 e. The molecule has 2 N–H and O–H groups in total. The average molecular weight is 365 g/mol. The Morgan fingerprint density at radius 1 is 1.42 bits per heavy atom. The summed E-state index contributed by atoms with van der Waals surface area (Å²) in [4.78, 5) is 12.0. The van der Waals surface area contributed by atoms with Crippen molar-refractivity contribution < 1.29 is 18.0 Å². The number of halogens is 4. The van der Waals surface area contributed by atoms with E-state index >= 15 is 0 Å². The third kappa shape index (κ3) is 6.32. The van der Waals surface area contributed by atoms with Crippen molar-refractivity contribution >= 4 is 18.3 Å². The van der Waals surface area contributed by atoms with Crippen LogP contribution in [0.25, 0.3) is 0 Å². The van der Waals surface area contributed by atoms with E-state index in [9.17, 15) is 18.0 Å². The number of piperidine rings is 1. The molecule has 2 rings (SSSR count). The van der Waals surface area contributed by atoms with E-state index < -0.39 is 11.7 Å². The molecule has 1 amide bonds. The first-order chi connectivity index (χ1) is 10.9. The largest absolute Gasteiger partial charge is 0.416 e. The molecule has 2 unspecified atom stereocenters. The van der Waals surface area contributed by atoms with Crippen molar-refractivity contribution in [2.24, 2.45) is 5.92 Å². The maximum atomic E-state index is 12.7. The van der Waals surface area contributed by atoms with E-state index in [-0.39, 0.29) is 30.7 Å². The van der Waals surface area contributed by atoms with Gasteiger partial charge in [0.15, 0.2) is 0 Å². The predicted octanol–water partition coefficient (Wildman–Crippen LogP) is 3.74. The highest BCUT2D eigenvalue weighted by atomic mass is 35.5. The molecule has 1 aliphatic rings. The lowest BCUT2D eigenvalue weighted by atomic mass is 9.95. The number of nitrogens with one attached hydrogen (secondary N) is 2. The number of carbonyl (C=O) groups excluding carboxylic acids is 1. The summed E-state index contributed by atoms with van der Waals surface area (Å²) >= 11 is 0. The minimum Gasteiger partial charge on any atom is -0.356 e. The maximum absolute atomic E-state index is 12.7. The highest BCUT2D eigenvalue weighted by Gasteiger charge is 2.30. The van der Waals surface area contributed by atoms with E-state index in [0.29, 0.717) is 18.0 Å². The second kappa shape index (κ2) is 9.28. The lowest BCUT2D eigenvalue weighted by Crippen LogP contribution is -2.38. The van der Waals surface area contributed by atoms with Gasteiger partial charge < -0.3 is 10.6 Å². The van der Waals surface area contributed by atoms with Crippen molar-refractivity contribution in [2.75, 3.05) is 19.6 Å². The van der Waals surface area contributed by atoms with Crippen LogP contribution in [0.2, 0.25) is 0 Å². The smallest absolute Gasteiger partial charge is 0.356 e. The molecule has 2 atom stereocenters. The summed E-state index contributed by atoms with van der Waals surface area (Å²) in [5.41, 5.74) is -0.134. The summed E-state index contributed by atoms with van der Waals surface area (Å²) in [6, 6.07) is 5.20. The second-order valence-corrected chi connectivity index (χ2v) is 6.24. The number of amides is 1. The zero-order chi connectivity index (χ0) is 16.9. The third-order valence-corrected chi connectivity index (χ3v) is 4.26. The van der Waals surface area contributed by atoms with E-state index in [0.717, 1.165) is 38.1 Å². The first-order valence-corrected chi connectivity index (χ1v) is 8.01. The Bertz CT molecular complexity index is 531. The SMILES string of the molecule is CC(CC(=O)NCC1CCCNC1)c1cccc(C(F)(F)F)c1.Cl. The minimum atomic E-state index is -4.36. The molecule has 0 saturated carbocycles. The second-order valence-electron chi connectivity index (χ2n) is 6.24. The van der Waals surface area contributed by atoms with Crippen molar-refractivity contribution in [3.8, 4) is 0 Å². The van der Waals surface area contributed by atoms with Gasteiger partial charge in [-0.25, -0.2) is 0 Å². The van der Waals surface area contributed by atoms with Crippen molar-refractivity contribution in [1.29, 1.82) is 0 Å². The normalized spacial score (nSPS) is 19.2. The number of rotatable bonds is 5. The van der Waals surface area contributed by atoms with Crippen LogP contribution in [0.3, 0.4) is 0 Å². The van der Waals surface area contributed by atoms with Gasteiger partial charge >= 0.3 is 6.18 Å². The summed E-state index contributed by atoms with van der Waals surface area (Å²) in [5.74, 6) is 0.0822. The van der Waals surface area contributed by atoms with Gasteiger partial charge in [-0.15, -0.1) is 12.4 Å². The fourth-order valence-electron chi connectivity index (χ4n) is 2.85. The van der Waals surface area contributed by atoms with Crippen LogP contribution in [0.15, 0.2) is 24.3 Å². The molecule has 7 heteroatoms. The van der Waals surface area contributed by atoms with Crippen molar-refractivity contribution in [3.63, 3.8) is 0 Å². The van der Waals surface area contributed by atoms with Crippen LogP contribution in [-0.4, -0.2) is 25.5 Å². The van der Waals surface area contributed by atoms with Crippen LogP contribution in [0, 0.1) is 5.92 Å². The monoisotopic (exact) mass is 364 g/mol. The van der Waals surface area contributed by atoms with Gasteiger partial charge in [0, 0.05) is 13.0 Å². The molecule has 0 radical (unpaired) electrons. The fourth-order valence-corrected chi connectivity index (χ4v) is 2.85. The van der Waals surface area contributed by atoms with Gasteiger partial charge in [-0.1, -0.05) is 25.1 Å². The summed E-state index contributed by atoms with van der Waals surface area (Å²) in [6.45, 7) is 4.33. The molecule has 1 saturated heterocycles. The van der Waals surface area contributed by atoms with E-state index in [1.54, 1.807) is 13.0 Å². The standard InChI is InChI=1S/C17H23F3N2O.ClH/c1-12(14-5-2-6-15(9-14)17(18,19)20)8-16(23)22-11-13-4-3-7-21-10-13;/h2,5-6,9,12-13,21H,3-4,7-8,10-11H2,1H3,(H,22,23);1H. The van der Waals surface area contributed by atoms with E-state index in [1.165, 1.54) is 6.07 Å². The first kappa shape index (κ1) is 20.8. The molecule has 136 valence electrons. The van der Waals surface area contributed by atoms with Crippen LogP contribution in [0.1, 0.15) is 43.2 Å². The summed E-state index contributed by atoms with van der Waals surface area (Å²) < 4.78 is 38.2. The molecule has 0 bridgehead atoms. The topological polar surface area (TPSA) is 41.1 Å². The molecule has 0 aliphatic carbocycles. The van der Waals surface area contributed by atoms with Gasteiger partial charge in [-0.05, 0) is 49.4 Å². The van der Waals surface area contributed by atoms with Crippen LogP contribution >= 0.6 is 12.4 Å². The molecule has 1 fully saturated rings. The van der Waals surface area contributed by atoms with Gasteiger partial charge in [0.05, 0.1) is 5.56 Å². The average Bonchev–Trinajstić information content (AvgIpc) is 2.53. The van der Waals surface area contributed by atoms with Gasteiger partial charge in [0.25, 0.3) is 0 Å². The van der Waals surface area contributed by atoms with E-state index in [4.69, 9.17) is 0 Å². The van der Waals surface area contributed by atoms with Crippen molar-refractivity contribution in [3.05, 3.63) is 35.4 Å². The Hall–Kier alpha value is -1.27. The van der Waals surface area contributed by atoms with Crippen LogP contribution < -0.4 is 10.6 Å². The highest BCUT2D eigenvalue weighted by molar-refractivity contribution is 5.85. The molecule has 24 heavy (non-hydrogen) atoms. The Morgan fingerprint density at radius 3 is 2.79 bits per heavy atom. The molecule has 1 aromatic rings. The lowest BCUT2D eigenvalue weighted by molar-refractivity contribution is -0.137. The van der Waals surface area contributed by atoms with Gasteiger partial charge in [0.1, 0.15) is 0 Å².